The van der Waals surface area contributed by atoms with E-state index in [9.17, 15) is 0 Å². The highest BCUT2D eigenvalue weighted by atomic mass is 14.2. The van der Waals surface area contributed by atoms with Gasteiger partial charge in [-0.3, -0.25) is 0 Å². The summed E-state index contributed by atoms with van der Waals surface area (Å²) in [5, 5.41) is 5.25. The topological polar surface area (TPSA) is 0 Å². The quantitative estimate of drug-likeness (QED) is 0.333. The fourth-order valence-electron chi connectivity index (χ4n) is 3.56. The first-order chi connectivity index (χ1) is 11.5. The average Bonchev–Trinajstić information content (AvgIpc) is 2.60. The second-order valence-electron chi connectivity index (χ2n) is 7.52. The molecule has 0 nitrogen and oxygen atoms in total. The minimum atomic E-state index is 0.129. The molecule has 4 aromatic carbocycles. The van der Waals surface area contributed by atoms with Gasteiger partial charge in [0.05, 0.1) is 0 Å². The van der Waals surface area contributed by atoms with E-state index in [0.29, 0.717) is 0 Å². The molecule has 0 saturated carbocycles. The van der Waals surface area contributed by atoms with Crippen LogP contribution in [0.2, 0.25) is 0 Å². The molecule has 24 heavy (non-hydrogen) atoms. The van der Waals surface area contributed by atoms with Gasteiger partial charge in [0.15, 0.2) is 0 Å². The van der Waals surface area contributed by atoms with Gasteiger partial charge >= 0.3 is 0 Å². The molecule has 0 aromatic heterocycles. The van der Waals surface area contributed by atoms with E-state index in [4.69, 9.17) is 0 Å². The van der Waals surface area contributed by atoms with Crippen LogP contribution < -0.4 is 0 Å². The Labute approximate surface area is 143 Å². The molecule has 0 aliphatic rings. The highest BCUT2D eigenvalue weighted by molar-refractivity contribution is 6.08. The van der Waals surface area contributed by atoms with Crippen molar-refractivity contribution in [2.75, 3.05) is 0 Å². The van der Waals surface area contributed by atoms with Crippen molar-refractivity contribution in [3.63, 3.8) is 0 Å². The van der Waals surface area contributed by atoms with Crippen molar-refractivity contribution >= 4 is 21.5 Å². The summed E-state index contributed by atoms with van der Waals surface area (Å²) in [6.45, 7) is 6.84. The maximum atomic E-state index is 2.35. The third kappa shape index (κ3) is 2.49. The molecule has 0 bridgehead atoms. The molecule has 118 valence electrons. The van der Waals surface area contributed by atoms with Crippen LogP contribution in [-0.4, -0.2) is 0 Å². The molecule has 0 amide bonds. The summed E-state index contributed by atoms with van der Waals surface area (Å²) in [5.41, 5.74) is 4.15. The Kier molecular flexibility index (Phi) is 3.42. The molecule has 0 saturated heterocycles. The maximum Gasteiger partial charge on any atom is -0.00992 e. The summed E-state index contributed by atoms with van der Waals surface area (Å²) in [6.07, 6.45) is 0. The van der Waals surface area contributed by atoms with E-state index in [1.54, 1.807) is 0 Å². The molecule has 0 heterocycles. The van der Waals surface area contributed by atoms with Crippen molar-refractivity contribution in [3.8, 4) is 11.1 Å². The van der Waals surface area contributed by atoms with E-state index in [-0.39, 0.29) is 5.41 Å². The molecule has 0 aliphatic heterocycles. The Morgan fingerprint density at radius 2 is 1.21 bits per heavy atom. The van der Waals surface area contributed by atoms with Gasteiger partial charge in [-0.15, -0.1) is 0 Å². The van der Waals surface area contributed by atoms with Crippen molar-refractivity contribution in [1.82, 2.24) is 0 Å². The number of benzene rings is 4. The predicted molar refractivity (Wildman–Crippen MR) is 106 cm³/mol. The largest absolute Gasteiger partial charge is 0.0619 e. The van der Waals surface area contributed by atoms with Gasteiger partial charge in [-0.05, 0) is 49.7 Å². The third-order valence-corrected chi connectivity index (χ3v) is 4.79. The Morgan fingerprint density at radius 1 is 0.583 bits per heavy atom. The Bertz CT molecular complexity index is 1030. The molecule has 0 radical (unpaired) electrons. The molecule has 0 aliphatic carbocycles. The first kappa shape index (κ1) is 15.0. The molecule has 4 rings (SSSR count). The van der Waals surface area contributed by atoms with E-state index in [0.717, 1.165) is 0 Å². The highest BCUT2D eigenvalue weighted by Crippen LogP contribution is 2.35. The number of fused-ring (bicyclic) bond motifs is 3. The fraction of sp³-hybridized carbons (Fsp3) is 0.167. The molecule has 0 N–H and O–H groups in total. The van der Waals surface area contributed by atoms with Crippen LogP contribution in [0.5, 0.6) is 0 Å². The van der Waals surface area contributed by atoms with Gasteiger partial charge in [0.25, 0.3) is 0 Å². The van der Waals surface area contributed by atoms with Crippen molar-refractivity contribution in [2.45, 2.75) is 26.2 Å². The van der Waals surface area contributed by atoms with E-state index in [1.165, 1.54) is 38.2 Å². The lowest BCUT2D eigenvalue weighted by atomic mass is 9.81. The zero-order valence-corrected chi connectivity index (χ0v) is 14.5. The van der Waals surface area contributed by atoms with Crippen molar-refractivity contribution in [2.24, 2.45) is 0 Å². The summed E-state index contributed by atoms with van der Waals surface area (Å²) in [6, 6.07) is 28.7. The van der Waals surface area contributed by atoms with Crippen LogP contribution in [0.25, 0.3) is 32.7 Å². The molecule has 0 heteroatoms. The SMILES string of the molecule is CC(C)(C)c1ccccc1-c1ccc2ccc3ccccc3c2c1. The maximum absolute atomic E-state index is 2.35. The first-order valence-corrected chi connectivity index (χ1v) is 8.55. The smallest absolute Gasteiger partial charge is 0.00992 e. The van der Waals surface area contributed by atoms with E-state index < -0.39 is 0 Å². The average molecular weight is 310 g/mol. The van der Waals surface area contributed by atoms with Crippen LogP contribution in [0.4, 0.5) is 0 Å². The van der Waals surface area contributed by atoms with Crippen LogP contribution in [0.3, 0.4) is 0 Å². The van der Waals surface area contributed by atoms with Crippen LogP contribution >= 0.6 is 0 Å². The van der Waals surface area contributed by atoms with Gasteiger partial charge in [0.1, 0.15) is 0 Å². The summed E-state index contributed by atoms with van der Waals surface area (Å²) in [7, 11) is 0. The molecule has 4 aromatic rings. The van der Waals surface area contributed by atoms with E-state index >= 15 is 0 Å². The molecule has 0 fully saturated rings. The summed E-state index contributed by atoms with van der Waals surface area (Å²) in [5.74, 6) is 0. The minimum absolute atomic E-state index is 0.129. The lowest BCUT2D eigenvalue weighted by Gasteiger charge is -2.23. The second-order valence-corrected chi connectivity index (χ2v) is 7.52. The molecule has 0 atom stereocenters. The van der Waals surface area contributed by atoms with Gasteiger partial charge in [0.2, 0.25) is 0 Å². The van der Waals surface area contributed by atoms with Crippen LogP contribution in [0.1, 0.15) is 26.3 Å². The van der Waals surface area contributed by atoms with Crippen LogP contribution in [-0.2, 0) is 5.41 Å². The zero-order valence-electron chi connectivity index (χ0n) is 14.5. The predicted octanol–water partition coefficient (Wildman–Crippen LogP) is 6.96. The van der Waals surface area contributed by atoms with Gasteiger partial charge in [-0.1, -0.05) is 93.6 Å². The number of rotatable bonds is 1. The third-order valence-electron chi connectivity index (χ3n) is 4.79. The first-order valence-electron chi connectivity index (χ1n) is 8.55. The Hall–Kier alpha value is -2.60. The summed E-state index contributed by atoms with van der Waals surface area (Å²) in [4.78, 5) is 0. The van der Waals surface area contributed by atoms with Crippen LogP contribution in [0.15, 0.2) is 78.9 Å². The second kappa shape index (κ2) is 5.49. The fourth-order valence-corrected chi connectivity index (χ4v) is 3.56. The number of hydrogen-bond donors (Lipinski definition) is 0. The monoisotopic (exact) mass is 310 g/mol. The van der Waals surface area contributed by atoms with E-state index in [2.05, 4.69) is 99.6 Å². The minimum Gasteiger partial charge on any atom is -0.0619 e. The summed E-state index contributed by atoms with van der Waals surface area (Å²) >= 11 is 0. The standard InChI is InChI=1S/C24H22/c1-24(2,3)23-11-7-6-10-21(23)19-15-14-18-13-12-17-8-4-5-9-20(17)22(18)16-19/h4-16H,1-3H3. The molecular weight excluding hydrogens is 288 g/mol. The lowest BCUT2D eigenvalue weighted by molar-refractivity contribution is 0.592. The lowest BCUT2D eigenvalue weighted by Crippen LogP contribution is -2.12. The number of hydrogen-bond acceptors (Lipinski definition) is 0. The molecule has 0 unspecified atom stereocenters. The van der Waals surface area contributed by atoms with Gasteiger partial charge < -0.3 is 0 Å². The Morgan fingerprint density at radius 3 is 2.00 bits per heavy atom. The van der Waals surface area contributed by atoms with Crippen molar-refractivity contribution < 1.29 is 0 Å². The summed E-state index contributed by atoms with van der Waals surface area (Å²) < 4.78 is 0. The van der Waals surface area contributed by atoms with Crippen molar-refractivity contribution in [1.29, 1.82) is 0 Å². The zero-order chi connectivity index (χ0) is 16.7. The van der Waals surface area contributed by atoms with Gasteiger partial charge in [0, 0.05) is 0 Å². The normalized spacial score (nSPS) is 12.0. The van der Waals surface area contributed by atoms with Gasteiger partial charge in [-0.2, -0.15) is 0 Å². The molecular formula is C24H22. The van der Waals surface area contributed by atoms with Crippen LogP contribution in [0, 0.1) is 0 Å². The molecule has 0 spiro atoms. The highest BCUT2D eigenvalue weighted by Gasteiger charge is 2.18. The van der Waals surface area contributed by atoms with E-state index in [1.807, 2.05) is 0 Å². The Balaban J connectivity index is 2.01. The van der Waals surface area contributed by atoms with Crippen molar-refractivity contribution in [3.05, 3.63) is 84.4 Å². The van der Waals surface area contributed by atoms with Gasteiger partial charge in [-0.25, -0.2) is 0 Å².